The van der Waals surface area contributed by atoms with E-state index < -0.39 is 0 Å². The normalized spacial score (nSPS) is 34.3. The van der Waals surface area contributed by atoms with Crippen LogP contribution in [0.4, 0.5) is 5.69 Å². The Labute approximate surface area is 150 Å². The van der Waals surface area contributed by atoms with Crippen LogP contribution in [0.15, 0.2) is 30.3 Å². The Kier molecular flexibility index (Phi) is 3.74. The van der Waals surface area contributed by atoms with Crippen molar-refractivity contribution in [2.24, 2.45) is 11.8 Å². The van der Waals surface area contributed by atoms with Crippen molar-refractivity contribution >= 4 is 17.2 Å². The van der Waals surface area contributed by atoms with Crippen LogP contribution in [0.25, 0.3) is 5.57 Å². The lowest BCUT2D eigenvalue weighted by atomic mass is 9.91. The van der Waals surface area contributed by atoms with E-state index in [-0.39, 0.29) is 5.91 Å². The van der Waals surface area contributed by atoms with Crippen molar-refractivity contribution in [3.05, 3.63) is 35.9 Å². The van der Waals surface area contributed by atoms with Gasteiger partial charge >= 0.3 is 0 Å². The first-order chi connectivity index (χ1) is 12.3. The van der Waals surface area contributed by atoms with Gasteiger partial charge in [-0.25, -0.2) is 0 Å². The third kappa shape index (κ3) is 2.39. The van der Waals surface area contributed by atoms with Gasteiger partial charge in [0.2, 0.25) is 0 Å². The first-order valence-electron chi connectivity index (χ1n) is 10.1. The predicted octanol–water partition coefficient (Wildman–Crippen LogP) is 4.09. The van der Waals surface area contributed by atoms with Crippen molar-refractivity contribution in [2.75, 3.05) is 18.0 Å². The minimum absolute atomic E-state index is 0.210. The molecule has 0 N–H and O–H groups in total. The maximum atomic E-state index is 13.0. The van der Waals surface area contributed by atoms with Gasteiger partial charge in [-0.15, -0.1) is 0 Å². The molecule has 0 aromatic heterocycles. The van der Waals surface area contributed by atoms with Crippen molar-refractivity contribution < 1.29 is 4.79 Å². The first-order valence-corrected chi connectivity index (χ1v) is 10.1. The van der Waals surface area contributed by atoms with E-state index in [1.165, 1.54) is 25.7 Å². The van der Waals surface area contributed by atoms with Crippen molar-refractivity contribution in [2.45, 2.75) is 57.5 Å². The zero-order valence-corrected chi connectivity index (χ0v) is 15.2. The summed E-state index contributed by atoms with van der Waals surface area (Å²) < 4.78 is 0. The highest BCUT2D eigenvalue weighted by Crippen LogP contribution is 2.47. The SMILES string of the molecule is CC=C1C(=O)N(C2CCN(C3CC4CCC3C4)CC2)c2ccccc21. The fourth-order valence-electron chi connectivity index (χ4n) is 6.04. The van der Waals surface area contributed by atoms with E-state index in [1.807, 2.05) is 19.1 Å². The van der Waals surface area contributed by atoms with E-state index in [1.54, 1.807) is 0 Å². The fourth-order valence-corrected chi connectivity index (χ4v) is 6.04. The molecule has 2 aliphatic heterocycles. The molecule has 3 heteroatoms. The van der Waals surface area contributed by atoms with E-state index in [0.717, 1.165) is 60.6 Å². The number of para-hydroxylation sites is 1. The zero-order chi connectivity index (χ0) is 17.0. The van der Waals surface area contributed by atoms with Crippen LogP contribution >= 0.6 is 0 Å². The molecule has 1 aromatic rings. The third-order valence-corrected chi connectivity index (χ3v) is 7.23. The lowest BCUT2D eigenvalue weighted by molar-refractivity contribution is -0.113. The molecule has 4 aliphatic rings. The molecule has 2 heterocycles. The van der Waals surface area contributed by atoms with Gasteiger partial charge in [-0.2, -0.15) is 0 Å². The summed E-state index contributed by atoms with van der Waals surface area (Å²) in [6, 6.07) is 9.51. The van der Waals surface area contributed by atoms with Gasteiger partial charge in [-0.05, 0) is 56.9 Å². The van der Waals surface area contributed by atoms with Gasteiger partial charge in [0.15, 0.2) is 0 Å². The van der Waals surface area contributed by atoms with Crippen LogP contribution in [0.3, 0.4) is 0 Å². The van der Waals surface area contributed by atoms with E-state index in [2.05, 4.69) is 28.0 Å². The summed E-state index contributed by atoms with van der Waals surface area (Å²) in [5, 5.41) is 0. The maximum Gasteiger partial charge on any atom is 0.258 e. The van der Waals surface area contributed by atoms with Gasteiger partial charge in [-0.3, -0.25) is 9.69 Å². The second-order valence-corrected chi connectivity index (χ2v) is 8.40. The smallest absolute Gasteiger partial charge is 0.258 e. The number of carbonyl (C=O) groups is 1. The topological polar surface area (TPSA) is 23.6 Å². The lowest BCUT2D eigenvalue weighted by Crippen LogP contribution is -2.50. The summed E-state index contributed by atoms with van der Waals surface area (Å²) in [5.41, 5.74) is 3.12. The Morgan fingerprint density at radius 3 is 2.52 bits per heavy atom. The minimum atomic E-state index is 0.210. The molecule has 5 rings (SSSR count). The minimum Gasteiger partial charge on any atom is -0.305 e. The number of piperidine rings is 1. The summed E-state index contributed by atoms with van der Waals surface area (Å²) in [5.74, 6) is 2.18. The summed E-state index contributed by atoms with van der Waals surface area (Å²) in [4.78, 5) is 17.8. The van der Waals surface area contributed by atoms with Crippen LogP contribution in [0.1, 0.15) is 51.0 Å². The van der Waals surface area contributed by atoms with E-state index in [0.29, 0.717) is 6.04 Å². The number of anilines is 1. The number of carbonyl (C=O) groups excluding carboxylic acids is 1. The largest absolute Gasteiger partial charge is 0.305 e. The van der Waals surface area contributed by atoms with Gasteiger partial charge in [0.05, 0.1) is 5.69 Å². The molecule has 3 atom stereocenters. The highest BCUT2D eigenvalue weighted by atomic mass is 16.2. The van der Waals surface area contributed by atoms with Crippen LogP contribution < -0.4 is 4.90 Å². The zero-order valence-electron chi connectivity index (χ0n) is 15.2. The quantitative estimate of drug-likeness (QED) is 0.760. The molecule has 0 radical (unpaired) electrons. The Balaban J connectivity index is 1.32. The van der Waals surface area contributed by atoms with E-state index in [9.17, 15) is 4.79 Å². The van der Waals surface area contributed by atoms with E-state index >= 15 is 0 Å². The molecule has 25 heavy (non-hydrogen) atoms. The molecule has 132 valence electrons. The molecule has 1 aromatic carbocycles. The second kappa shape index (κ2) is 5.98. The van der Waals surface area contributed by atoms with Crippen LogP contribution in [0, 0.1) is 11.8 Å². The molecule has 2 aliphatic carbocycles. The Bertz CT molecular complexity index is 716. The number of nitrogens with zero attached hydrogens (tertiary/aromatic N) is 2. The third-order valence-electron chi connectivity index (χ3n) is 7.23. The Morgan fingerprint density at radius 1 is 1.04 bits per heavy atom. The lowest BCUT2D eigenvalue weighted by Gasteiger charge is -2.42. The molecule has 1 saturated heterocycles. The molecule has 3 unspecified atom stereocenters. The van der Waals surface area contributed by atoms with Gasteiger partial charge in [-0.1, -0.05) is 30.7 Å². The Morgan fingerprint density at radius 2 is 1.84 bits per heavy atom. The number of allylic oxidation sites excluding steroid dienone is 1. The summed E-state index contributed by atoms with van der Waals surface area (Å²) in [7, 11) is 0. The van der Waals surface area contributed by atoms with Crippen LogP contribution in [0.5, 0.6) is 0 Å². The molecule has 0 spiro atoms. The molecule has 2 saturated carbocycles. The molecule has 3 nitrogen and oxygen atoms in total. The molecular weight excluding hydrogens is 308 g/mol. The average molecular weight is 336 g/mol. The second-order valence-electron chi connectivity index (χ2n) is 8.40. The number of amides is 1. The number of likely N-dealkylation sites (tertiary alicyclic amines) is 1. The molecular formula is C22H28N2O. The summed E-state index contributed by atoms with van der Waals surface area (Å²) in [6.45, 7) is 4.30. The monoisotopic (exact) mass is 336 g/mol. The number of hydrogen-bond acceptors (Lipinski definition) is 2. The average Bonchev–Trinajstić information content (AvgIpc) is 3.34. The highest BCUT2D eigenvalue weighted by molar-refractivity contribution is 6.32. The summed E-state index contributed by atoms with van der Waals surface area (Å²) in [6.07, 6.45) is 10.1. The first kappa shape index (κ1) is 15.6. The van der Waals surface area contributed by atoms with Gasteiger partial charge < -0.3 is 4.90 Å². The van der Waals surface area contributed by atoms with Crippen molar-refractivity contribution in [3.8, 4) is 0 Å². The van der Waals surface area contributed by atoms with Crippen molar-refractivity contribution in [3.63, 3.8) is 0 Å². The summed E-state index contributed by atoms with van der Waals surface area (Å²) >= 11 is 0. The number of fused-ring (bicyclic) bond motifs is 3. The molecule has 2 bridgehead atoms. The van der Waals surface area contributed by atoms with Crippen LogP contribution in [0.2, 0.25) is 0 Å². The number of hydrogen-bond donors (Lipinski definition) is 0. The predicted molar refractivity (Wildman–Crippen MR) is 101 cm³/mol. The van der Waals surface area contributed by atoms with Crippen LogP contribution in [-0.4, -0.2) is 36.0 Å². The van der Waals surface area contributed by atoms with E-state index in [4.69, 9.17) is 0 Å². The molecule has 3 fully saturated rings. The number of benzene rings is 1. The number of rotatable bonds is 2. The van der Waals surface area contributed by atoms with Crippen LogP contribution in [-0.2, 0) is 4.79 Å². The Hall–Kier alpha value is -1.61. The standard InChI is InChI=1S/C22H28N2O/c1-2-18-19-5-3-4-6-20(19)24(22(18)25)17-9-11-23(12-10-17)21-14-15-7-8-16(21)13-15/h2-6,15-17,21H,7-14H2,1H3. The van der Waals surface area contributed by atoms with Crippen molar-refractivity contribution in [1.29, 1.82) is 0 Å². The molecule has 1 amide bonds. The van der Waals surface area contributed by atoms with Gasteiger partial charge in [0, 0.05) is 36.3 Å². The maximum absolute atomic E-state index is 13.0. The highest BCUT2D eigenvalue weighted by Gasteiger charge is 2.44. The fraction of sp³-hybridized carbons (Fsp3) is 0.591. The van der Waals surface area contributed by atoms with Gasteiger partial charge in [0.1, 0.15) is 0 Å². The van der Waals surface area contributed by atoms with Gasteiger partial charge in [0.25, 0.3) is 5.91 Å². The van der Waals surface area contributed by atoms with Crippen molar-refractivity contribution in [1.82, 2.24) is 4.90 Å².